The van der Waals surface area contributed by atoms with Crippen molar-refractivity contribution in [3.63, 3.8) is 0 Å². The zero-order valence-corrected chi connectivity index (χ0v) is 14.7. The number of anilines is 2. The largest absolute Gasteiger partial charge is 0.331 e. The Balaban J connectivity index is 2.04. The van der Waals surface area contributed by atoms with E-state index in [1.807, 2.05) is 6.07 Å². The van der Waals surface area contributed by atoms with Gasteiger partial charge >= 0.3 is 6.03 Å². The summed E-state index contributed by atoms with van der Waals surface area (Å²) in [4.78, 5) is 33.8. The molecule has 8 nitrogen and oxygen atoms in total. The second-order valence-electron chi connectivity index (χ2n) is 5.89. The molecule has 2 rings (SSSR count). The van der Waals surface area contributed by atoms with E-state index in [2.05, 4.69) is 16.0 Å². The monoisotopic (exact) mass is 356 g/mol. The van der Waals surface area contributed by atoms with Crippen molar-refractivity contribution in [1.29, 1.82) is 0 Å². The average Bonchev–Trinajstić information content (AvgIpc) is 2.56. The number of rotatable bonds is 5. The summed E-state index contributed by atoms with van der Waals surface area (Å²) in [5.41, 5.74) is 2.24. The second kappa shape index (κ2) is 8.11. The summed E-state index contributed by atoms with van der Waals surface area (Å²) in [6.45, 7) is 4.85. The number of hydrogen-bond donors (Lipinski definition) is 3. The van der Waals surface area contributed by atoms with Crippen LogP contribution in [0.4, 0.5) is 21.9 Å². The van der Waals surface area contributed by atoms with E-state index in [9.17, 15) is 19.7 Å². The van der Waals surface area contributed by atoms with Crippen LogP contribution in [0.5, 0.6) is 0 Å². The van der Waals surface area contributed by atoms with Crippen LogP contribution in [0, 0.1) is 17.0 Å². The molecule has 0 heterocycles. The molecule has 1 atom stereocenters. The van der Waals surface area contributed by atoms with Crippen molar-refractivity contribution in [3.05, 3.63) is 63.7 Å². The highest BCUT2D eigenvalue weighted by Gasteiger charge is 2.14. The molecule has 136 valence electrons. The van der Waals surface area contributed by atoms with Crippen molar-refractivity contribution >= 4 is 29.0 Å². The number of hydrogen-bond acceptors (Lipinski definition) is 4. The van der Waals surface area contributed by atoms with E-state index in [-0.39, 0.29) is 17.6 Å². The predicted octanol–water partition coefficient (Wildman–Crippen LogP) is 3.74. The zero-order valence-electron chi connectivity index (χ0n) is 14.7. The van der Waals surface area contributed by atoms with Gasteiger partial charge < -0.3 is 16.0 Å². The Labute approximate surface area is 150 Å². The fourth-order valence-electron chi connectivity index (χ4n) is 2.42. The molecule has 2 aromatic rings. The second-order valence-corrected chi connectivity index (χ2v) is 5.89. The maximum absolute atomic E-state index is 12.2. The molecule has 3 N–H and O–H groups in total. The lowest BCUT2D eigenvalue weighted by atomic mass is 10.1. The Morgan fingerprint density at radius 2 is 1.77 bits per heavy atom. The van der Waals surface area contributed by atoms with Gasteiger partial charge in [0, 0.05) is 29.9 Å². The first-order valence-electron chi connectivity index (χ1n) is 7.96. The Morgan fingerprint density at radius 1 is 1.08 bits per heavy atom. The molecule has 1 unspecified atom stereocenters. The predicted molar refractivity (Wildman–Crippen MR) is 99.1 cm³/mol. The van der Waals surface area contributed by atoms with Gasteiger partial charge in [-0.2, -0.15) is 0 Å². The van der Waals surface area contributed by atoms with Crippen molar-refractivity contribution in [2.45, 2.75) is 26.8 Å². The van der Waals surface area contributed by atoms with Crippen molar-refractivity contribution in [2.24, 2.45) is 0 Å². The Kier molecular flexibility index (Phi) is 5.90. The Bertz CT molecular complexity index is 851. The van der Waals surface area contributed by atoms with Crippen LogP contribution in [0.3, 0.4) is 0 Å². The van der Waals surface area contributed by atoms with Gasteiger partial charge in [-0.05, 0) is 37.6 Å². The minimum atomic E-state index is -0.492. The van der Waals surface area contributed by atoms with Crippen LogP contribution in [-0.4, -0.2) is 16.9 Å². The van der Waals surface area contributed by atoms with Crippen LogP contribution in [0.25, 0.3) is 0 Å². The third-order valence-electron chi connectivity index (χ3n) is 3.72. The number of amides is 3. The minimum Gasteiger partial charge on any atom is -0.331 e. The van der Waals surface area contributed by atoms with E-state index < -0.39 is 11.0 Å². The van der Waals surface area contributed by atoms with E-state index in [1.54, 1.807) is 44.2 Å². The highest BCUT2D eigenvalue weighted by atomic mass is 16.6. The third-order valence-corrected chi connectivity index (χ3v) is 3.72. The lowest BCUT2D eigenvalue weighted by Gasteiger charge is -2.16. The van der Waals surface area contributed by atoms with Gasteiger partial charge in [0.05, 0.1) is 11.0 Å². The van der Waals surface area contributed by atoms with Gasteiger partial charge in [0.25, 0.3) is 5.69 Å². The van der Waals surface area contributed by atoms with Gasteiger partial charge in [0.15, 0.2) is 0 Å². The zero-order chi connectivity index (χ0) is 19.3. The molecular weight excluding hydrogens is 336 g/mol. The molecule has 26 heavy (non-hydrogen) atoms. The summed E-state index contributed by atoms with van der Waals surface area (Å²) in [5.74, 6) is -0.179. The molecule has 8 heteroatoms. The molecule has 2 aromatic carbocycles. The van der Waals surface area contributed by atoms with Crippen LogP contribution in [0.2, 0.25) is 0 Å². The summed E-state index contributed by atoms with van der Waals surface area (Å²) in [7, 11) is 0. The molecule has 0 aliphatic heterocycles. The van der Waals surface area contributed by atoms with Gasteiger partial charge in [0.2, 0.25) is 5.91 Å². The molecule has 0 saturated heterocycles. The standard InChI is InChI=1S/C18H20N4O4/c1-11-7-8-16(10-17(11)22(25)26)21-18(24)19-12(2)14-5-4-6-15(9-14)20-13(3)23/h4-10,12H,1-3H3,(H,20,23)(H2,19,21,24). The van der Waals surface area contributed by atoms with Crippen molar-refractivity contribution in [3.8, 4) is 0 Å². The van der Waals surface area contributed by atoms with Crippen LogP contribution < -0.4 is 16.0 Å². The molecule has 0 bridgehead atoms. The SMILES string of the molecule is CC(=O)Nc1cccc(C(C)NC(=O)Nc2ccc(C)c([N+](=O)[O-])c2)c1. The molecule has 0 saturated carbocycles. The fraction of sp³-hybridized carbons (Fsp3) is 0.222. The normalized spacial score (nSPS) is 11.3. The van der Waals surface area contributed by atoms with Crippen molar-refractivity contribution in [1.82, 2.24) is 5.32 Å². The molecule has 0 aliphatic carbocycles. The maximum Gasteiger partial charge on any atom is 0.319 e. The van der Waals surface area contributed by atoms with E-state index >= 15 is 0 Å². The van der Waals surface area contributed by atoms with Crippen LogP contribution in [-0.2, 0) is 4.79 Å². The van der Waals surface area contributed by atoms with E-state index in [1.165, 1.54) is 13.0 Å². The molecule has 0 fully saturated rings. The van der Waals surface area contributed by atoms with Gasteiger partial charge in [-0.15, -0.1) is 0 Å². The minimum absolute atomic E-state index is 0.0566. The summed E-state index contributed by atoms with van der Waals surface area (Å²) in [6.07, 6.45) is 0. The Morgan fingerprint density at radius 3 is 2.42 bits per heavy atom. The van der Waals surface area contributed by atoms with E-state index in [4.69, 9.17) is 0 Å². The van der Waals surface area contributed by atoms with Crippen molar-refractivity contribution in [2.75, 3.05) is 10.6 Å². The topological polar surface area (TPSA) is 113 Å². The van der Waals surface area contributed by atoms with Gasteiger partial charge in [-0.25, -0.2) is 4.79 Å². The molecule has 0 aromatic heterocycles. The summed E-state index contributed by atoms with van der Waals surface area (Å²) >= 11 is 0. The molecule has 0 aliphatic rings. The third kappa shape index (κ3) is 5.04. The molecular formula is C18H20N4O4. The molecule has 3 amide bonds. The Hall–Kier alpha value is -3.42. The number of nitro groups is 1. The molecule has 0 spiro atoms. The van der Waals surface area contributed by atoms with Crippen LogP contribution in [0.15, 0.2) is 42.5 Å². The highest BCUT2D eigenvalue weighted by molar-refractivity contribution is 5.90. The van der Waals surface area contributed by atoms with Gasteiger partial charge in [-0.1, -0.05) is 18.2 Å². The lowest BCUT2D eigenvalue weighted by molar-refractivity contribution is -0.385. The number of nitro benzene ring substituents is 1. The number of nitrogens with one attached hydrogen (secondary N) is 3. The fourth-order valence-corrected chi connectivity index (χ4v) is 2.42. The average molecular weight is 356 g/mol. The number of nitrogens with zero attached hydrogens (tertiary/aromatic N) is 1. The number of carbonyl (C=O) groups is 2. The smallest absolute Gasteiger partial charge is 0.319 e. The number of carbonyl (C=O) groups excluding carboxylic acids is 2. The number of aryl methyl sites for hydroxylation is 1. The van der Waals surface area contributed by atoms with Crippen molar-refractivity contribution < 1.29 is 14.5 Å². The molecule has 0 radical (unpaired) electrons. The van der Waals surface area contributed by atoms with Gasteiger partial charge in [0.1, 0.15) is 0 Å². The number of urea groups is 1. The first-order chi connectivity index (χ1) is 12.3. The maximum atomic E-state index is 12.2. The summed E-state index contributed by atoms with van der Waals surface area (Å²) in [6, 6.07) is 10.8. The van der Waals surface area contributed by atoms with E-state index in [0.29, 0.717) is 16.9 Å². The van der Waals surface area contributed by atoms with E-state index in [0.717, 1.165) is 5.56 Å². The first-order valence-corrected chi connectivity index (χ1v) is 7.96. The van der Waals surface area contributed by atoms with Crippen LogP contribution in [0.1, 0.15) is 31.0 Å². The first kappa shape index (κ1) is 18.9. The van der Waals surface area contributed by atoms with Crippen LogP contribution >= 0.6 is 0 Å². The lowest BCUT2D eigenvalue weighted by Crippen LogP contribution is -2.31. The van der Waals surface area contributed by atoms with Gasteiger partial charge in [-0.3, -0.25) is 14.9 Å². The highest BCUT2D eigenvalue weighted by Crippen LogP contribution is 2.22. The number of benzene rings is 2. The summed E-state index contributed by atoms with van der Waals surface area (Å²) < 4.78 is 0. The quantitative estimate of drug-likeness (QED) is 0.559. The summed E-state index contributed by atoms with van der Waals surface area (Å²) in [5, 5.41) is 19.0.